The molecule has 0 aliphatic heterocycles. The predicted molar refractivity (Wildman–Crippen MR) is 169 cm³/mol. The second kappa shape index (κ2) is 15.1. The summed E-state index contributed by atoms with van der Waals surface area (Å²) in [5, 5.41) is 3.39. The molecule has 0 unspecified atom stereocenters. The number of carbonyl (C=O) groups excluding carboxylic acids is 2. The van der Waals surface area contributed by atoms with Gasteiger partial charge in [0.1, 0.15) is 24.1 Å². The molecule has 232 valence electrons. The molecule has 43 heavy (non-hydrogen) atoms. The minimum Gasteiger partial charge on any atom is -0.497 e. The van der Waals surface area contributed by atoms with Gasteiger partial charge in [-0.2, -0.15) is 0 Å². The van der Waals surface area contributed by atoms with Crippen LogP contribution in [0.15, 0.2) is 71.6 Å². The van der Waals surface area contributed by atoms with Crippen LogP contribution in [0.2, 0.25) is 5.02 Å². The van der Waals surface area contributed by atoms with Gasteiger partial charge >= 0.3 is 0 Å². The summed E-state index contributed by atoms with van der Waals surface area (Å²) < 4.78 is 40.3. The molecule has 9 nitrogen and oxygen atoms in total. The van der Waals surface area contributed by atoms with E-state index in [4.69, 9.17) is 21.1 Å². The molecule has 0 radical (unpaired) electrons. The van der Waals surface area contributed by atoms with E-state index in [2.05, 4.69) is 5.32 Å². The van der Waals surface area contributed by atoms with Crippen molar-refractivity contribution in [1.82, 2.24) is 10.2 Å². The van der Waals surface area contributed by atoms with Crippen LogP contribution in [0.3, 0.4) is 0 Å². The van der Waals surface area contributed by atoms with Crippen molar-refractivity contribution in [2.45, 2.75) is 64.1 Å². The van der Waals surface area contributed by atoms with Gasteiger partial charge in [0, 0.05) is 23.7 Å². The lowest BCUT2D eigenvalue weighted by Gasteiger charge is -2.34. The van der Waals surface area contributed by atoms with Crippen LogP contribution in [-0.4, -0.2) is 58.0 Å². The SMILES string of the molecule is CC[C@H](C(=O)N[C@@H](C)CC)N(Cc1ccccc1Cl)C(=O)CN(c1cc(OC)ccc1OC)S(=O)(=O)c1ccc(C)cc1. The number of rotatable bonds is 14. The summed E-state index contributed by atoms with van der Waals surface area (Å²) in [6.45, 7) is 6.88. The molecule has 3 rings (SSSR count). The Morgan fingerprint density at radius 3 is 2.21 bits per heavy atom. The van der Waals surface area contributed by atoms with E-state index in [1.807, 2.05) is 20.8 Å². The fraction of sp³-hybridized carbons (Fsp3) is 0.375. The van der Waals surface area contributed by atoms with Crippen LogP contribution in [0.5, 0.6) is 11.5 Å². The standard InChI is InChI=1S/C32H40ClN3O6S/c1-7-23(4)34-32(38)28(8-2)35(20-24-11-9-10-12-27(24)33)31(37)21-36(29-19-25(41-5)15-18-30(29)42-6)43(39,40)26-16-13-22(3)14-17-26/h9-19,23,28H,7-8,20-21H2,1-6H3,(H,34,38)/t23-,28+/m0/s1. The molecule has 0 bridgehead atoms. The largest absolute Gasteiger partial charge is 0.497 e. The molecule has 0 spiro atoms. The number of aryl methyl sites for hydroxylation is 1. The van der Waals surface area contributed by atoms with E-state index < -0.39 is 28.5 Å². The van der Waals surface area contributed by atoms with E-state index >= 15 is 0 Å². The summed E-state index contributed by atoms with van der Waals surface area (Å²) in [6, 6.07) is 17.1. The number of hydrogen-bond acceptors (Lipinski definition) is 6. The Morgan fingerprint density at radius 2 is 1.63 bits per heavy atom. The summed E-state index contributed by atoms with van der Waals surface area (Å²) in [7, 11) is -1.41. The summed E-state index contributed by atoms with van der Waals surface area (Å²) >= 11 is 6.47. The number of hydrogen-bond donors (Lipinski definition) is 1. The summed E-state index contributed by atoms with van der Waals surface area (Å²) in [5.41, 5.74) is 1.62. The predicted octanol–water partition coefficient (Wildman–Crippen LogP) is 5.58. The molecule has 0 saturated carbocycles. The first-order chi connectivity index (χ1) is 20.5. The topological polar surface area (TPSA) is 105 Å². The molecule has 0 aromatic heterocycles. The Balaban J connectivity index is 2.16. The van der Waals surface area contributed by atoms with Gasteiger partial charge in [0.15, 0.2) is 0 Å². The lowest BCUT2D eigenvalue weighted by atomic mass is 10.1. The van der Waals surface area contributed by atoms with Gasteiger partial charge in [0.05, 0.1) is 24.8 Å². The third-order valence-electron chi connectivity index (χ3n) is 7.23. The maximum absolute atomic E-state index is 14.3. The number of nitrogens with zero attached hydrogens (tertiary/aromatic N) is 2. The fourth-order valence-corrected chi connectivity index (χ4v) is 6.13. The zero-order valence-electron chi connectivity index (χ0n) is 25.5. The number of benzene rings is 3. The van der Waals surface area contributed by atoms with Crippen molar-refractivity contribution in [2.24, 2.45) is 0 Å². The minimum absolute atomic E-state index is 0.00138. The van der Waals surface area contributed by atoms with Crippen LogP contribution < -0.4 is 19.1 Å². The second-order valence-electron chi connectivity index (χ2n) is 10.2. The van der Waals surface area contributed by atoms with Crippen molar-refractivity contribution in [1.29, 1.82) is 0 Å². The van der Waals surface area contributed by atoms with Gasteiger partial charge in [-0.1, -0.05) is 61.3 Å². The highest BCUT2D eigenvalue weighted by molar-refractivity contribution is 7.92. The zero-order chi connectivity index (χ0) is 31.7. The smallest absolute Gasteiger partial charge is 0.264 e. The number of sulfonamides is 1. The molecule has 11 heteroatoms. The molecule has 0 aliphatic carbocycles. The third-order valence-corrected chi connectivity index (χ3v) is 9.37. The quantitative estimate of drug-likeness (QED) is 0.250. The number of halogens is 1. The average molecular weight is 630 g/mol. The molecule has 2 amide bonds. The van der Waals surface area contributed by atoms with Crippen molar-refractivity contribution < 1.29 is 27.5 Å². The normalized spacial score (nSPS) is 12.6. The fourth-order valence-electron chi connectivity index (χ4n) is 4.51. The van der Waals surface area contributed by atoms with Crippen LogP contribution in [0.4, 0.5) is 5.69 Å². The Labute approximate surface area is 259 Å². The average Bonchev–Trinajstić information content (AvgIpc) is 3.00. The maximum atomic E-state index is 14.3. The first-order valence-electron chi connectivity index (χ1n) is 14.1. The van der Waals surface area contributed by atoms with Crippen molar-refractivity contribution in [3.8, 4) is 11.5 Å². The van der Waals surface area contributed by atoms with Crippen molar-refractivity contribution in [2.75, 3.05) is 25.1 Å². The van der Waals surface area contributed by atoms with E-state index in [1.165, 1.54) is 37.3 Å². The Bertz CT molecular complexity index is 1510. The Hall–Kier alpha value is -3.76. The van der Waals surface area contributed by atoms with Gasteiger partial charge in [-0.25, -0.2) is 8.42 Å². The molecular formula is C32H40ClN3O6S. The molecule has 1 N–H and O–H groups in total. The molecule has 0 saturated heterocycles. The lowest BCUT2D eigenvalue weighted by Crippen LogP contribution is -2.53. The van der Waals surface area contributed by atoms with E-state index in [0.717, 1.165) is 9.87 Å². The number of anilines is 1. The van der Waals surface area contributed by atoms with E-state index in [1.54, 1.807) is 55.5 Å². The van der Waals surface area contributed by atoms with Crippen molar-refractivity contribution in [3.63, 3.8) is 0 Å². The van der Waals surface area contributed by atoms with Crippen molar-refractivity contribution in [3.05, 3.63) is 82.9 Å². The number of carbonyl (C=O) groups is 2. The van der Waals surface area contributed by atoms with Crippen LogP contribution >= 0.6 is 11.6 Å². The van der Waals surface area contributed by atoms with Crippen molar-refractivity contribution >= 4 is 39.1 Å². The van der Waals surface area contributed by atoms with Crippen LogP contribution in [0.1, 0.15) is 44.7 Å². The maximum Gasteiger partial charge on any atom is 0.264 e. The number of ether oxygens (including phenoxy) is 2. The third kappa shape index (κ3) is 8.20. The van der Waals surface area contributed by atoms with E-state index in [9.17, 15) is 18.0 Å². The van der Waals surface area contributed by atoms with Gasteiger partial charge in [-0.3, -0.25) is 13.9 Å². The highest BCUT2D eigenvalue weighted by atomic mass is 35.5. The van der Waals surface area contributed by atoms with Gasteiger partial charge < -0.3 is 19.7 Å². The summed E-state index contributed by atoms with van der Waals surface area (Å²) in [4.78, 5) is 29.1. The van der Waals surface area contributed by atoms with Crippen LogP contribution in [0.25, 0.3) is 0 Å². The first-order valence-corrected chi connectivity index (χ1v) is 15.9. The van der Waals surface area contributed by atoms with Gasteiger partial charge in [0.2, 0.25) is 11.8 Å². The van der Waals surface area contributed by atoms with Gasteiger partial charge in [-0.15, -0.1) is 0 Å². The monoisotopic (exact) mass is 629 g/mol. The summed E-state index contributed by atoms with van der Waals surface area (Å²) in [5.74, 6) is -0.320. The number of nitrogens with one attached hydrogen (secondary N) is 1. The van der Waals surface area contributed by atoms with Crippen LogP contribution in [0, 0.1) is 6.92 Å². The zero-order valence-corrected chi connectivity index (χ0v) is 27.0. The number of amides is 2. The lowest BCUT2D eigenvalue weighted by molar-refractivity contribution is -0.140. The molecule has 0 fully saturated rings. The molecule has 3 aromatic carbocycles. The molecule has 0 heterocycles. The first kappa shape index (κ1) is 33.7. The molecular weight excluding hydrogens is 590 g/mol. The highest BCUT2D eigenvalue weighted by Gasteiger charge is 2.35. The van der Waals surface area contributed by atoms with E-state index in [-0.39, 0.29) is 34.8 Å². The van der Waals surface area contributed by atoms with Gasteiger partial charge in [-0.05, 0) is 62.6 Å². The highest BCUT2D eigenvalue weighted by Crippen LogP contribution is 2.36. The number of methoxy groups -OCH3 is 2. The Morgan fingerprint density at radius 1 is 0.953 bits per heavy atom. The Kier molecular flexibility index (Phi) is 11.9. The summed E-state index contributed by atoms with van der Waals surface area (Å²) in [6.07, 6.45) is 1.00. The molecule has 2 atom stereocenters. The van der Waals surface area contributed by atoms with E-state index in [0.29, 0.717) is 29.2 Å². The van der Waals surface area contributed by atoms with Crippen LogP contribution in [-0.2, 0) is 26.2 Å². The van der Waals surface area contributed by atoms with Gasteiger partial charge in [0.25, 0.3) is 10.0 Å². The molecule has 3 aromatic rings. The minimum atomic E-state index is -4.29. The molecule has 0 aliphatic rings. The second-order valence-corrected chi connectivity index (χ2v) is 12.5.